The second kappa shape index (κ2) is 6.93. The highest BCUT2D eigenvalue weighted by Gasteiger charge is 2.04. The van der Waals surface area contributed by atoms with Crippen molar-refractivity contribution in [1.29, 1.82) is 0 Å². The smallest absolute Gasteiger partial charge is 0.287 e. The van der Waals surface area contributed by atoms with Gasteiger partial charge in [-0.3, -0.25) is 15.5 Å². The van der Waals surface area contributed by atoms with Crippen LogP contribution in [0.2, 0.25) is 5.02 Å². The lowest BCUT2D eigenvalue weighted by atomic mass is 10.3. The number of nitrogens with zero attached hydrogens (tertiary/aromatic N) is 4. The molecule has 0 amide bonds. The Bertz CT molecular complexity index is 872. The molecule has 0 aliphatic heterocycles. The van der Waals surface area contributed by atoms with Crippen LogP contribution in [0.4, 0.5) is 11.5 Å². The molecule has 24 heavy (non-hydrogen) atoms. The first kappa shape index (κ1) is 15.7. The summed E-state index contributed by atoms with van der Waals surface area (Å²) in [6.07, 6.45) is 4.72. The van der Waals surface area contributed by atoms with E-state index in [4.69, 9.17) is 11.6 Å². The Hall–Kier alpha value is -3.19. The maximum absolute atomic E-state index is 10.6. The van der Waals surface area contributed by atoms with E-state index in [9.17, 15) is 10.1 Å². The van der Waals surface area contributed by atoms with Gasteiger partial charge in [0.15, 0.2) is 0 Å². The average molecular weight is 342 g/mol. The van der Waals surface area contributed by atoms with Crippen molar-refractivity contribution in [3.05, 3.63) is 81.8 Å². The van der Waals surface area contributed by atoms with E-state index in [1.165, 1.54) is 18.3 Å². The number of rotatable bonds is 5. The molecule has 0 radical (unpaired) electrons. The summed E-state index contributed by atoms with van der Waals surface area (Å²) in [5.41, 5.74) is 4.48. The minimum atomic E-state index is -0.501. The molecule has 0 bridgehead atoms. The molecule has 7 nitrogen and oxygen atoms in total. The molecule has 0 spiro atoms. The monoisotopic (exact) mass is 341 g/mol. The molecule has 2 heterocycles. The number of anilines is 1. The molecule has 1 N–H and O–H groups in total. The number of hydrazone groups is 1. The quantitative estimate of drug-likeness (QED) is 0.433. The summed E-state index contributed by atoms with van der Waals surface area (Å²) in [6.45, 7) is 0. The van der Waals surface area contributed by atoms with Gasteiger partial charge in [-0.05, 0) is 42.5 Å². The van der Waals surface area contributed by atoms with E-state index in [1.807, 2.05) is 47.2 Å². The zero-order chi connectivity index (χ0) is 16.9. The molecule has 0 aliphatic carbocycles. The Labute approximate surface area is 142 Å². The van der Waals surface area contributed by atoms with Crippen molar-refractivity contribution < 1.29 is 4.92 Å². The molecule has 8 heteroatoms. The van der Waals surface area contributed by atoms with E-state index >= 15 is 0 Å². The Kier molecular flexibility index (Phi) is 4.53. The molecule has 0 saturated carbocycles. The zero-order valence-corrected chi connectivity index (χ0v) is 13.1. The summed E-state index contributed by atoms with van der Waals surface area (Å²) in [5, 5.41) is 15.4. The summed E-state index contributed by atoms with van der Waals surface area (Å²) in [7, 11) is 0. The van der Waals surface area contributed by atoms with Gasteiger partial charge < -0.3 is 4.57 Å². The van der Waals surface area contributed by atoms with Gasteiger partial charge in [-0.1, -0.05) is 11.6 Å². The highest BCUT2D eigenvalue weighted by atomic mass is 35.5. The summed E-state index contributed by atoms with van der Waals surface area (Å²) >= 11 is 5.90. The maximum atomic E-state index is 10.6. The molecule has 0 unspecified atom stereocenters. The highest BCUT2D eigenvalue weighted by molar-refractivity contribution is 6.30. The summed E-state index contributed by atoms with van der Waals surface area (Å²) in [6, 6.07) is 14.1. The van der Waals surface area contributed by atoms with E-state index in [-0.39, 0.29) is 5.69 Å². The Morgan fingerprint density at radius 2 is 2.00 bits per heavy atom. The predicted molar refractivity (Wildman–Crippen MR) is 92.9 cm³/mol. The van der Waals surface area contributed by atoms with Gasteiger partial charge in [-0.25, -0.2) is 4.98 Å². The molecule has 0 aliphatic rings. The molecule has 3 aromatic rings. The molecule has 0 atom stereocenters. The molecule has 3 rings (SSSR count). The van der Waals surface area contributed by atoms with Crippen LogP contribution in [0.5, 0.6) is 0 Å². The van der Waals surface area contributed by atoms with E-state index in [1.54, 1.807) is 6.21 Å². The molecule has 0 fully saturated rings. The van der Waals surface area contributed by atoms with Crippen LogP contribution in [0.15, 0.2) is 66.0 Å². The van der Waals surface area contributed by atoms with Crippen molar-refractivity contribution in [2.75, 3.05) is 5.43 Å². The molecule has 1 aromatic carbocycles. The number of aromatic nitrogens is 2. The van der Waals surface area contributed by atoms with Gasteiger partial charge in [0, 0.05) is 23.0 Å². The number of nitrogens with one attached hydrogen (secondary N) is 1. The summed E-state index contributed by atoms with van der Waals surface area (Å²) in [5.74, 6) is 0.418. The predicted octanol–water partition coefficient (Wildman–Crippen LogP) is 3.88. The third kappa shape index (κ3) is 3.58. The first-order valence-electron chi connectivity index (χ1n) is 6.96. The van der Waals surface area contributed by atoms with Crippen molar-refractivity contribution in [2.45, 2.75) is 0 Å². The Morgan fingerprint density at radius 3 is 2.67 bits per heavy atom. The lowest BCUT2D eigenvalue weighted by Crippen LogP contribution is -2.00. The lowest BCUT2D eigenvalue weighted by Gasteiger charge is -2.06. The van der Waals surface area contributed by atoms with Gasteiger partial charge in [0.1, 0.15) is 12.0 Å². The fourth-order valence-corrected chi connectivity index (χ4v) is 2.19. The van der Waals surface area contributed by atoms with E-state index in [0.29, 0.717) is 10.8 Å². The molecule has 0 saturated heterocycles. The van der Waals surface area contributed by atoms with Crippen LogP contribution in [-0.2, 0) is 0 Å². The summed E-state index contributed by atoms with van der Waals surface area (Å²) in [4.78, 5) is 14.0. The Morgan fingerprint density at radius 1 is 1.21 bits per heavy atom. The van der Waals surface area contributed by atoms with Crippen molar-refractivity contribution in [2.24, 2.45) is 5.10 Å². The van der Waals surface area contributed by atoms with E-state index in [2.05, 4.69) is 15.5 Å². The average Bonchev–Trinajstić information content (AvgIpc) is 3.04. The van der Waals surface area contributed by atoms with Crippen molar-refractivity contribution in [1.82, 2.24) is 9.55 Å². The van der Waals surface area contributed by atoms with Crippen LogP contribution in [0.25, 0.3) is 5.69 Å². The number of hydrogen-bond acceptors (Lipinski definition) is 5. The first-order chi connectivity index (χ1) is 11.6. The number of halogens is 1. The van der Waals surface area contributed by atoms with Crippen LogP contribution < -0.4 is 5.43 Å². The number of pyridine rings is 1. The van der Waals surface area contributed by atoms with Crippen LogP contribution in [-0.4, -0.2) is 20.7 Å². The highest BCUT2D eigenvalue weighted by Crippen LogP contribution is 2.16. The molecular weight excluding hydrogens is 330 g/mol. The van der Waals surface area contributed by atoms with Crippen LogP contribution in [0.3, 0.4) is 0 Å². The minimum Gasteiger partial charge on any atom is -0.316 e. The normalized spacial score (nSPS) is 10.9. The first-order valence-corrected chi connectivity index (χ1v) is 7.34. The standard InChI is InChI=1S/C16H12ClN5O2/c17-12-3-5-13(6-4-12)21-9-1-2-14(21)11-19-20-16-8-7-15(10-18-16)22(23)24/h1-11H,(H,18,20). The van der Waals surface area contributed by atoms with Gasteiger partial charge in [0.25, 0.3) is 5.69 Å². The fraction of sp³-hybridized carbons (Fsp3) is 0. The second-order valence-corrected chi connectivity index (χ2v) is 5.24. The minimum absolute atomic E-state index is 0.0684. The van der Waals surface area contributed by atoms with Crippen LogP contribution >= 0.6 is 11.6 Å². The van der Waals surface area contributed by atoms with E-state index < -0.39 is 4.92 Å². The maximum Gasteiger partial charge on any atom is 0.287 e. The van der Waals surface area contributed by atoms with E-state index in [0.717, 1.165) is 11.4 Å². The number of nitro groups is 1. The van der Waals surface area contributed by atoms with Crippen molar-refractivity contribution in [3.63, 3.8) is 0 Å². The van der Waals surface area contributed by atoms with Crippen molar-refractivity contribution in [3.8, 4) is 5.69 Å². The van der Waals surface area contributed by atoms with Gasteiger partial charge in [-0.2, -0.15) is 5.10 Å². The fourth-order valence-electron chi connectivity index (χ4n) is 2.06. The van der Waals surface area contributed by atoms with Gasteiger partial charge in [0.2, 0.25) is 0 Å². The van der Waals surface area contributed by atoms with Gasteiger partial charge in [-0.15, -0.1) is 0 Å². The summed E-state index contributed by atoms with van der Waals surface area (Å²) < 4.78 is 1.95. The third-order valence-electron chi connectivity index (χ3n) is 3.22. The molecule has 120 valence electrons. The molecular formula is C16H12ClN5O2. The number of benzene rings is 1. The van der Waals surface area contributed by atoms with Crippen LogP contribution in [0.1, 0.15) is 5.69 Å². The Balaban J connectivity index is 1.72. The second-order valence-electron chi connectivity index (χ2n) is 4.81. The lowest BCUT2D eigenvalue weighted by molar-refractivity contribution is -0.385. The zero-order valence-electron chi connectivity index (χ0n) is 12.3. The third-order valence-corrected chi connectivity index (χ3v) is 3.47. The number of hydrogen-bond donors (Lipinski definition) is 1. The van der Waals surface area contributed by atoms with Crippen LogP contribution in [0, 0.1) is 10.1 Å². The molecule has 2 aromatic heterocycles. The van der Waals surface area contributed by atoms with Gasteiger partial charge >= 0.3 is 0 Å². The van der Waals surface area contributed by atoms with Crippen molar-refractivity contribution >= 4 is 29.3 Å². The topological polar surface area (TPSA) is 85.4 Å². The largest absolute Gasteiger partial charge is 0.316 e. The van der Waals surface area contributed by atoms with Gasteiger partial charge in [0.05, 0.1) is 16.8 Å². The SMILES string of the molecule is O=[N+]([O-])c1ccc(NN=Cc2cccn2-c2ccc(Cl)cc2)nc1.